The van der Waals surface area contributed by atoms with Crippen LogP contribution in [0.4, 0.5) is 0 Å². The fraction of sp³-hybridized carbons (Fsp3) is 0.188. The maximum absolute atomic E-state index is 11.9. The van der Waals surface area contributed by atoms with Gasteiger partial charge in [-0.05, 0) is 30.7 Å². The number of amides is 1. The Morgan fingerprint density at radius 3 is 2.65 bits per heavy atom. The van der Waals surface area contributed by atoms with Crippen LogP contribution in [0.1, 0.15) is 28.9 Å². The highest BCUT2D eigenvalue weighted by molar-refractivity contribution is 6.32. The lowest BCUT2D eigenvalue weighted by atomic mass is 10.1. The SMILES string of the molecule is C[C@@H](NC(=O)COC(=O)c1cccnc1Cl)c1ccccc1Cl. The van der Waals surface area contributed by atoms with E-state index in [4.69, 9.17) is 27.9 Å². The van der Waals surface area contributed by atoms with Crippen LogP contribution in [-0.2, 0) is 9.53 Å². The number of rotatable bonds is 5. The zero-order chi connectivity index (χ0) is 16.8. The molecule has 0 radical (unpaired) electrons. The molecule has 23 heavy (non-hydrogen) atoms. The second-order valence-corrected chi connectivity index (χ2v) is 5.49. The highest BCUT2D eigenvalue weighted by Gasteiger charge is 2.16. The first kappa shape index (κ1) is 17.2. The first-order valence-corrected chi connectivity index (χ1v) is 7.56. The number of hydrogen-bond acceptors (Lipinski definition) is 4. The minimum Gasteiger partial charge on any atom is -0.452 e. The molecule has 0 saturated carbocycles. The third-order valence-corrected chi connectivity index (χ3v) is 3.71. The zero-order valence-corrected chi connectivity index (χ0v) is 13.8. The fourth-order valence-electron chi connectivity index (χ4n) is 1.93. The molecule has 0 fully saturated rings. The summed E-state index contributed by atoms with van der Waals surface area (Å²) >= 11 is 11.9. The molecule has 1 N–H and O–H groups in total. The van der Waals surface area contributed by atoms with Gasteiger partial charge in [-0.1, -0.05) is 41.4 Å². The Morgan fingerprint density at radius 1 is 1.22 bits per heavy atom. The Kier molecular flexibility index (Phi) is 5.96. The third kappa shape index (κ3) is 4.68. The minimum atomic E-state index is -0.705. The number of carbonyl (C=O) groups is 2. The maximum Gasteiger partial charge on any atom is 0.341 e. The highest BCUT2D eigenvalue weighted by Crippen LogP contribution is 2.22. The summed E-state index contributed by atoms with van der Waals surface area (Å²) in [6, 6.07) is 9.91. The zero-order valence-electron chi connectivity index (χ0n) is 12.3. The molecular weight excluding hydrogens is 339 g/mol. The molecule has 2 rings (SSSR count). The van der Waals surface area contributed by atoms with Crippen molar-refractivity contribution >= 4 is 35.1 Å². The van der Waals surface area contributed by atoms with Crippen LogP contribution in [0.15, 0.2) is 42.6 Å². The summed E-state index contributed by atoms with van der Waals surface area (Å²) in [7, 11) is 0. The van der Waals surface area contributed by atoms with Crippen LogP contribution in [0.3, 0.4) is 0 Å². The van der Waals surface area contributed by atoms with Crippen LogP contribution in [0.2, 0.25) is 10.2 Å². The van der Waals surface area contributed by atoms with Gasteiger partial charge in [-0.15, -0.1) is 0 Å². The van der Waals surface area contributed by atoms with Gasteiger partial charge in [-0.25, -0.2) is 9.78 Å². The smallest absolute Gasteiger partial charge is 0.341 e. The number of esters is 1. The Labute approximate surface area is 143 Å². The van der Waals surface area contributed by atoms with Gasteiger partial charge in [0.2, 0.25) is 0 Å². The van der Waals surface area contributed by atoms with Crippen LogP contribution in [0.5, 0.6) is 0 Å². The van der Waals surface area contributed by atoms with Crippen molar-refractivity contribution in [3.05, 3.63) is 63.9 Å². The van der Waals surface area contributed by atoms with Crippen molar-refractivity contribution in [2.75, 3.05) is 6.61 Å². The Morgan fingerprint density at radius 2 is 1.96 bits per heavy atom. The van der Waals surface area contributed by atoms with Crippen molar-refractivity contribution in [1.29, 1.82) is 0 Å². The molecule has 0 aliphatic heterocycles. The number of aromatic nitrogens is 1. The van der Waals surface area contributed by atoms with Crippen LogP contribution < -0.4 is 5.32 Å². The minimum absolute atomic E-state index is 0.0299. The number of pyridine rings is 1. The molecule has 0 spiro atoms. The number of carbonyl (C=O) groups excluding carboxylic acids is 2. The first-order chi connectivity index (χ1) is 11.0. The maximum atomic E-state index is 11.9. The Balaban J connectivity index is 1.89. The highest BCUT2D eigenvalue weighted by atomic mass is 35.5. The van der Waals surface area contributed by atoms with E-state index in [-0.39, 0.29) is 16.8 Å². The normalized spacial score (nSPS) is 11.6. The number of nitrogens with zero attached hydrogens (tertiary/aromatic N) is 1. The van der Waals surface area contributed by atoms with E-state index in [9.17, 15) is 9.59 Å². The van der Waals surface area contributed by atoms with E-state index in [1.165, 1.54) is 12.3 Å². The predicted molar refractivity (Wildman–Crippen MR) is 87.5 cm³/mol. The van der Waals surface area contributed by atoms with Gasteiger partial charge in [0.15, 0.2) is 6.61 Å². The van der Waals surface area contributed by atoms with E-state index in [0.29, 0.717) is 5.02 Å². The fourth-order valence-corrected chi connectivity index (χ4v) is 2.43. The summed E-state index contributed by atoms with van der Waals surface area (Å²) in [4.78, 5) is 27.5. The quantitative estimate of drug-likeness (QED) is 0.661. The Bertz CT molecular complexity index is 722. The van der Waals surface area contributed by atoms with Crippen LogP contribution in [0, 0.1) is 0 Å². The van der Waals surface area contributed by atoms with Gasteiger partial charge < -0.3 is 10.1 Å². The van der Waals surface area contributed by atoms with Gasteiger partial charge in [-0.2, -0.15) is 0 Å². The molecule has 0 bridgehead atoms. The number of ether oxygens (including phenoxy) is 1. The molecule has 1 amide bonds. The van der Waals surface area contributed by atoms with Gasteiger partial charge in [0, 0.05) is 11.2 Å². The number of benzene rings is 1. The summed E-state index contributed by atoms with van der Waals surface area (Å²) in [5, 5.41) is 3.29. The van der Waals surface area contributed by atoms with Gasteiger partial charge in [0.25, 0.3) is 5.91 Å². The molecule has 0 saturated heterocycles. The number of halogens is 2. The number of hydrogen-bond donors (Lipinski definition) is 1. The van der Waals surface area contributed by atoms with Crippen molar-refractivity contribution in [3.8, 4) is 0 Å². The molecule has 1 heterocycles. The molecule has 1 aromatic heterocycles. The molecule has 7 heteroatoms. The molecule has 0 unspecified atom stereocenters. The lowest BCUT2D eigenvalue weighted by Gasteiger charge is -2.15. The summed E-state index contributed by atoms with van der Waals surface area (Å²) in [6.45, 7) is 1.37. The topological polar surface area (TPSA) is 68.3 Å². The van der Waals surface area contributed by atoms with E-state index >= 15 is 0 Å². The van der Waals surface area contributed by atoms with Crippen molar-refractivity contribution < 1.29 is 14.3 Å². The van der Waals surface area contributed by atoms with Gasteiger partial charge in [0.05, 0.1) is 11.6 Å². The monoisotopic (exact) mass is 352 g/mol. The molecule has 0 aliphatic rings. The van der Waals surface area contributed by atoms with Gasteiger partial charge in [0.1, 0.15) is 5.15 Å². The average Bonchev–Trinajstić information content (AvgIpc) is 2.53. The first-order valence-electron chi connectivity index (χ1n) is 6.80. The summed E-state index contributed by atoms with van der Waals surface area (Å²) in [5.74, 6) is -1.14. The summed E-state index contributed by atoms with van der Waals surface area (Å²) in [6.07, 6.45) is 1.46. The van der Waals surface area contributed by atoms with Gasteiger partial charge in [-0.3, -0.25) is 4.79 Å². The second-order valence-electron chi connectivity index (χ2n) is 4.73. The summed E-state index contributed by atoms with van der Waals surface area (Å²) in [5.41, 5.74) is 0.894. The van der Waals surface area contributed by atoms with E-state index in [0.717, 1.165) is 5.56 Å². The Hall–Kier alpha value is -2.11. The molecule has 0 aliphatic carbocycles. The van der Waals surface area contributed by atoms with Crippen LogP contribution >= 0.6 is 23.2 Å². The number of nitrogens with one attached hydrogen (secondary N) is 1. The van der Waals surface area contributed by atoms with Crippen LogP contribution in [0.25, 0.3) is 0 Å². The van der Waals surface area contributed by atoms with Crippen molar-refractivity contribution in [2.45, 2.75) is 13.0 Å². The lowest BCUT2D eigenvalue weighted by molar-refractivity contribution is -0.124. The molecular formula is C16H14Cl2N2O3. The van der Waals surface area contributed by atoms with Gasteiger partial charge >= 0.3 is 5.97 Å². The van der Waals surface area contributed by atoms with E-state index < -0.39 is 18.5 Å². The molecule has 1 aromatic carbocycles. The largest absolute Gasteiger partial charge is 0.452 e. The molecule has 5 nitrogen and oxygen atoms in total. The predicted octanol–water partition coefficient (Wildman–Crippen LogP) is 3.42. The van der Waals surface area contributed by atoms with E-state index in [1.54, 1.807) is 25.1 Å². The second kappa shape index (κ2) is 7.94. The molecule has 2 aromatic rings. The van der Waals surface area contributed by atoms with E-state index in [1.807, 2.05) is 12.1 Å². The third-order valence-electron chi connectivity index (χ3n) is 3.06. The van der Waals surface area contributed by atoms with Crippen molar-refractivity contribution in [1.82, 2.24) is 10.3 Å². The average molecular weight is 353 g/mol. The van der Waals surface area contributed by atoms with Crippen molar-refractivity contribution in [2.24, 2.45) is 0 Å². The molecule has 120 valence electrons. The summed E-state index contributed by atoms with van der Waals surface area (Å²) < 4.78 is 4.93. The standard InChI is InChI=1S/C16H14Cl2N2O3/c1-10(11-5-2-3-7-13(11)17)20-14(21)9-23-16(22)12-6-4-8-19-15(12)18/h2-8,10H,9H2,1H3,(H,20,21)/t10-/m1/s1. The lowest BCUT2D eigenvalue weighted by Crippen LogP contribution is -2.31. The van der Waals surface area contributed by atoms with Crippen molar-refractivity contribution in [3.63, 3.8) is 0 Å². The van der Waals surface area contributed by atoms with E-state index in [2.05, 4.69) is 10.3 Å². The molecule has 1 atom stereocenters. The van der Waals surface area contributed by atoms with Crippen LogP contribution in [-0.4, -0.2) is 23.5 Å².